The number of methoxy groups -OCH3 is 3. The molecular weight excluding hydrogens is 464 g/mol. The lowest BCUT2D eigenvalue weighted by Gasteiger charge is -2.12. The maximum atomic E-state index is 12.5. The maximum Gasteiger partial charge on any atom is 0.261 e. The van der Waals surface area contributed by atoms with Crippen LogP contribution in [0.4, 0.5) is 0 Å². The minimum Gasteiger partial charge on any atom is -0.493 e. The van der Waals surface area contributed by atoms with Crippen molar-refractivity contribution < 1.29 is 23.7 Å². The van der Waals surface area contributed by atoms with Crippen LogP contribution in [0.2, 0.25) is 0 Å². The van der Waals surface area contributed by atoms with Gasteiger partial charge in [-0.25, -0.2) is 0 Å². The van der Waals surface area contributed by atoms with Crippen LogP contribution in [0.3, 0.4) is 0 Å². The predicted molar refractivity (Wildman–Crippen MR) is 122 cm³/mol. The number of hydrogen-bond acceptors (Lipinski definition) is 6. The van der Waals surface area contributed by atoms with E-state index in [9.17, 15) is 10.1 Å². The third-order valence-corrected chi connectivity index (χ3v) is 4.95. The second-order valence-electron chi connectivity index (χ2n) is 6.33. The van der Waals surface area contributed by atoms with Crippen LogP contribution in [0.1, 0.15) is 18.1 Å². The van der Waals surface area contributed by atoms with Crippen molar-refractivity contribution in [2.75, 3.05) is 34.5 Å². The summed E-state index contributed by atoms with van der Waals surface area (Å²) in [6, 6.07) is 11.0. The minimum absolute atomic E-state index is 0.00757. The molecule has 0 heterocycles. The first-order valence-corrected chi connectivity index (χ1v) is 10.4. The van der Waals surface area contributed by atoms with E-state index in [2.05, 4.69) is 21.2 Å². The molecule has 2 aromatic carbocycles. The molecule has 0 spiro atoms. The van der Waals surface area contributed by atoms with Gasteiger partial charge >= 0.3 is 0 Å². The smallest absolute Gasteiger partial charge is 0.261 e. The fourth-order valence-electron chi connectivity index (χ4n) is 2.90. The van der Waals surface area contributed by atoms with Crippen LogP contribution >= 0.6 is 15.9 Å². The summed E-state index contributed by atoms with van der Waals surface area (Å²) >= 11 is 3.43. The van der Waals surface area contributed by atoms with E-state index >= 15 is 0 Å². The van der Waals surface area contributed by atoms with Gasteiger partial charge in [-0.2, -0.15) is 5.26 Å². The van der Waals surface area contributed by atoms with Gasteiger partial charge in [0.15, 0.2) is 23.0 Å². The summed E-state index contributed by atoms with van der Waals surface area (Å²) in [5, 5.41) is 12.2. The number of halogens is 1. The van der Waals surface area contributed by atoms with Gasteiger partial charge in [-0.1, -0.05) is 6.07 Å². The average molecular weight is 489 g/mol. The summed E-state index contributed by atoms with van der Waals surface area (Å²) in [5.74, 6) is 1.89. The van der Waals surface area contributed by atoms with E-state index in [1.165, 1.54) is 6.08 Å². The van der Waals surface area contributed by atoms with Crippen molar-refractivity contribution in [3.8, 4) is 29.1 Å². The Balaban J connectivity index is 2.10. The maximum absolute atomic E-state index is 12.5. The van der Waals surface area contributed by atoms with Gasteiger partial charge < -0.3 is 24.3 Å². The Morgan fingerprint density at radius 2 is 1.84 bits per heavy atom. The van der Waals surface area contributed by atoms with Gasteiger partial charge in [0, 0.05) is 6.54 Å². The van der Waals surface area contributed by atoms with Crippen molar-refractivity contribution in [3.63, 3.8) is 0 Å². The summed E-state index contributed by atoms with van der Waals surface area (Å²) < 4.78 is 22.1. The molecule has 2 aromatic rings. The monoisotopic (exact) mass is 488 g/mol. The standard InChI is InChI=1S/C23H25BrN2O5/c1-5-31-21-13-16(11-18(24)22(21)30-4)10-17(14-25)23(27)26-9-8-15-6-7-19(28-2)20(12-15)29-3/h6-7,10-13H,5,8-9H2,1-4H3,(H,26,27)/b17-10+. The third kappa shape index (κ3) is 6.40. The number of rotatable bonds is 10. The first-order valence-electron chi connectivity index (χ1n) is 9.58. The molecule has 0 aliphatic rings. The molecule has 0 unspecified atom stereocenters. The molecule has 7 nitrogen and oxygen atoms in total. The molecule has 0 aliphatic heterocycles. The lowest BCUT2D eigenvalue weighted by Crippen LogP contribution is -2.26. The molecule has 0 saturated carbocycles. The van der Waals surface area contributed by atoms with Gasteiger partial charge in [0.2, 0.25) is 0 Å². The molecule has 1 N–H and O–H groups in total. The van der Waals surface area contributed by atoms with E-state index in [0.29, 0.717) is 52.6 Å². The third-order valence-electron chi connectivity index (χ3n) is 4.36. The van der Waals surface area contributed by atoms with Crippen molar-refractivity contribution in [3.05, 3.63) is 51.5 Å². The first-order chi connectivity index (χ1) is 15.0. The van der Waals surface area contributed by atoms with Crippen LogP contribution in [-0.4, -0.2) is 40.4 Å². The number of nitrogens with zero attached hydrogens (tertiary/aromatic N) is 1. The van der Waals surface area contributed by atoms with Crippen molar-refractivity contribution in [2.24, 2.45) is 0 Å². The fourth-order valence-corrected chi connectivity index (χ4v) is 3.52. The highest BCUT2D eigenvalue weighted by Crippen LogP contribution is 2.37. The number of hydrogen-bond donors (Lipinski definition) is 1. The van der Waals surface area contributed by atoms with Crippen LogP contribution in [0.5, 0.6) is 23.0 Å². The quantitative estimate of drug-likeness (QED) is 0.399. The molecule has 31 heavy (non-hydrogen) atoms. The molecule has 164 valence electrons. The Morgan fingerprint density at radius 1 is 1.10 bits per heavy atom. The summed E-state index contributed by atoms with van der Waals surface area (Å²) in [6.45, 7) is 2.68. The van der Waals surface area contributed by atoms with Crippen molar-refractivity contribution in [2.45, 2.75) is 13.3 Å². The van der Waals surface area contributed by atoms with E-state index in [1.54, 1.807) is 33.5 Å². The molecule has 0 bridgehead atoms. The molecule has 8 heteroatoms. The summed E-state index contributed by atoms with van der Waals surface area (Å²) in [4.78, 5) is 12.5. The highest BCUT2D eigenvalue weighted by Gasteiger charge is 2.13. The minimum atomic E-state index is -0.451. The Bertz CT molecular complexity index is 998. The van der Waals surface area contributed by atoms with E-state index in [1.807, 2.05) is 31.2 Å². The Morgan fingerprint density at radius 3 is 2.45 bits per heavy atom. The first kappa shape index (κ1) is 24.1. The van der Waals surface area contributed by atoms with Gasteiger partial charge in [0.25, 0.3) is 5.91 Å². The van der Waals surface area contributed by atoms with E-state index < -0.39 is 5.91 Å². The zero-order valence-electron chi connectivity index (χ0n) is 18.0. The second kappa shape index (κ2) is 11.9. The fraction of sp³-hybridized carbons (Fsp3) is 0.304. The summed E-state index contributed by atoms with van der Waals surface area (Å²) in [5.41, 5.74) is 1.61. The molecular formula is C23H25BrN2O5. The Kier molecular flexibility index (Phi) is 9.22. The SMILES string of the molecule is CCOc1cc(/C=C(\C#N)C(=O)NCCc2ccc(OC)c(OC)c2)cc(Br)c1OC. The summed E-state index contributed by atoms with van der Waals surface area (Å²) in [6.07, 6.45) is 2.09. The molecule has 0 aliphatic carbocycles. The van der Waals surface area contributed by atoms with Gasteiger partial charge in [-0.05, 0) is 70.7 Å². The van der Waals surface area contributed by atoms with Crippen LogP contribution in [-0.2, 0) is 11.2 Å². The molecule has 2 rings (SSSR count). The number of ether oxygens (including phenoxy) is 4. The van der Waals surface area contributed by atoms with Crippen LogP contribution in [0.25, 0.3) is 6.08 Å². The largest absolute Gasteiger partial charge is 0.493 e. The van der Waals surface area contributed by atoms with Crippen LogP contribution in [0.15, 0.2) is 40.4 Å². The van der Waals surface area contributed by atoms with Crippen molar-refractivity contribution >= 4 is 27.9 Å². The van der Waals surface area contributed by atoms with Crippen molar-refractivity contribution in [1.82, 2.24) is 5.32 Å². The van der Waals surface area contributed by atoms with E-state index in [0.717, 1.165) is 5.56 Å². The normalized spacial score (nSPS) is 10.8. The predicted octanol–water partition coefficient (Wildman–Crippen LogP) is 4.14. The number of benzene rings is 2. The number of amides is 1. The molecule has 0 radical (unpaired) electrons. The second-order valence-corrected chi connectivity index (χ2v) is 7.19. The lowest BCUT2D eigenvalue weighted by atomic mass is 10.1. The zero-order valence-corrected chi connectivity index (χ0v) is 19.5. The topological polar surface area (TPSA) is 89.8 Å². The van der Waals surface area contributed by atoms with Gasteiger partial charge in [-0.3, -0.25) is 4.79 Å². The summed E-state index contributed by atoms with van der Waals surface area (Å²) in [7, 11) is 4.69. The molecule has 1 amide bonds. The number of carbonyl (C=O) groups is 1. The Labute approximate surface area is 190 Å². The number of nitriles is 1. The van der Waals surface area contributed by atoms with Crippen LogP contribution in [0, 0.1) is 11.3 Å². The van der Waals surface area contributed by atoms with E-state index in [-0.39, 0.29) is 5.57 Å². The number of carbonyl (C=O) groups excluding carboxylic acids is 1. The van der Waals surface area contributed by atoms with Crippen LogP contribution < -0.4 is 24.3 Å². The highest BCUT2D eigenvalue weighted by molar-refractivity contribution is 9.10. The average Bonchev–Trinajstić information content (AvgIpc) is 2.77. The highest BCUT2D eigenvalue weighted by atomic mass is 79.9. The molecule has 0 fully saturated rings. The van der Waals surface area contributed by atoms with Crippen molar-refractivity contribution in [1.29, 1.82) is 5.26 Å². The van der Waals surface area contributed by atoms with Gasteiger partial charge in [-0.15, -0.1) is 0 Å². The van der Waals surface area contributed by atoms with Gasteiger partial charge in [0.1, 0.15) is 11.6 Å². The number of nitrogens with one attached hydrogen (secondary N) is 1. The molecule has 0 aromatic heterocycles. The molecule has 0 atom stereocenters. The lowest BCUT2D eigenvalue weighted by molar-refractivity contribution is -0.117. The van der Waals surface area contributed by atoms with E-state index in [4.69, 9.17) is 18.9 Å². The van der Waals surface area contributed by atoms with Gasteiger partial charge in [0.05, 0.1) is 32.4 Å². The Hall–Kier alpha value is -3.18. The molecule has 0 saturated heterocycles. The zero-order chi connectivity index (χ0) is 22.8.